The molecule has 156 valence electrons. The molecule has 31 heavy (non-hydrogen) atoms. The highest BCUT2D eigenvalue weighted by atomic mass is 127. The number of imide groups is 1. The largest absolute Gasteiger partial charge is 0.457 e. The lowest BCUT2D eigenvalue weighted by Gasteiger charge is -2.12. The minimum absolute atomic E-state index is 0.219. The third kappa shape index (κ3) is 5.08. The number of carbonyl (C=O) groups is 3. The molecule has 0 aliphatic carbocycles. The maximum absolute atomic E-state index is 12.7. The predicted molar refractivity (Wildman–Crippen MR) is 129 cm³/mol. The molecule has 1 aliphatic heterocycles. The van der Waals surface area contributed by atoms with Crippen LogP contribution in [0.5, 0.6) is 0 Å². The topological polar surface area (TPSA) is 79.6 Å². The molecule has 0 saturated carbocycles. The number of hydrogen-bond donors (Lipinski definition) is 1. The summed E-state index contributed by atoms with van der Waals surface area (Å²) in [5.41, 5.74) is 2.59. The van der Waals surface area contributed by atoms with Gasteiger partial charge in [-0.25, -0.2) is 0 Å². The third-order valence-corrected chi connectivity index (χ3v) is 6.17. The molecule has 0 atom stereocenters. The molecule has 6 nitrogen and oxygen atoms in total. The average Bonchev–Trinajstić information content (AvgIpc) is 3.31. The van der Waals surface area contributed by atoms with Crippen molar-refractivity contribution in [2.24, 2.45) is 0 Å². The van der Waals surface area contributed by atoms with Crippen molar-refractivity contribution in [3.05, 3.63) is 80.5 Å². The van der Waals surface area contributed by atoms with Gasteiger partial charge in [-0.15, -0.1) is 0 Å². The molecule has 0 spiro atoms. The summed E-state index contributed by atoms with van der Waals surface area (Å²) in [6.07, 6.45) is 1.53. The maximum Gasteiger partial charge on any atom is 0.294 e. The number of thioether (sulfide) groups is 1. The molecular formula is C23H17IN2O4S. The molecular weight excluding hydrogens is 527 g/mol. The number of carbonyl (C=O) groups excluding carboxylic acids is 3. The van der Waals surface area contributed by atoms with E-state index in [1.54, 1.807) is 18.2 Å². The van der Waals surface area contributed by atoms with Gasteiger partial charge in [-0.2, -0.15) is 0 Å². The van der Waals surface area contributed by atoms with Crippen molar-refractivity contribution in [3.63, 3.8) is 0 Å². The molecule has 8 heteroatoms. The zero-order valence-electron chi connectivity index (χ0n) is 16.4. The first-order chi connectivity index (χ1) is 14.9. The van der Waals surface area contributed by atoms with E-state index < -0.39 is 17.1 Å². The molecule has 1 aliphatic rings. The van der Waals surface area contributed by atoms with Gasteiger partial charge in [0.05, 0.1) is 4.91 Å². The van der Waals surface area contributed by atoms with E-state index >= 15 is 0 Å². The lowest BCUT2D eigenvalue weighted by atomic mass is 10.2. The van der Waals surface area contributed by atoms with Crippen LogP contribution in [-0.2, 0) is 9.59 Å². The van der Waals surface area contributed by atoms with Crippen LogP contribution >= 0.6 is 34.4 Å². The second kappa shape index (κ2) is 9.11. The van der Waals surface area contributed by atoms with Gasteiger partial charge in [-0.3, -0.25) is 19.3 Å². The fourth-order valence-electron chi connectivity index (χ4n) is 2.95. The van der Waals surface area contributed by atoms with Crippen LogP contribution in [0.2, 0.25) is 0 Å². The number of rotatable bonds is 5. The van der Waals surface area contributed by atoms with Crippen molar-refractivity contribution < 1.29 is 18.8 Å². The fraction of sp³-hybridized carbons (Fsp3) is 0.0870. The predicted octanol–water partition coefficient (Wildman–Crippen LogP) is 5.53. The number of nitrogens with one attached hydrogen (secondary N) is 1. The minimum Gasteiger partial charge on any atom is -0.457 e. The molecule has 1 N–H and O–H groups in total. The summed E-state index contributed by atoms with van der Waals surface area (Å²) in [4.78, 5) is 38.4. The number of aryl methyl sites for hydroxylation is 1. The standard InChI is InChI=1S/C23H17IN2O4S/c1-14-2-8-17(9-3-14)25-21(27)13-26-22(28)20(31-23(26)29)12-18-10-11-19(30-18)15-4-6-16(24)7-5-15/h2-12H,13H2,1H3,(H,25,27)/b20-12-. The molecule has 3 amide bonds. The molecule has 0 unspecified atom stereocenters. The van der Waals surface area contributed by atoms with E-state index in [0.29, 0.717) is 17.2 Å². The summed E-state index contributed by atoms with van der Waals surface area (Å²) in [5, 5.41) is 2.21. The lowest BCUT2D eigenvalue weighted by molar-refractivity contribution is -0.127. The highest BCUT2D eigenvalue weighted by Crippen LogP contribution is 2.33. The number of benzene rings is 2. The highest BCUT2D eigenvalue weighted by molar-refractivity contribution is 14.1. The number of amides is 3. The summed E-state index contributed by atoms with van der Waals surface area (Å²) < 4.78 is 6.93. The van der Waals surface area contributed by atoms with Gasteiger partial charge >= 0.3 is 0 Å². The fourth-order valence-corrected chi connectivity index (χ4v) is 4.12. The number of hydrogen-bond acceptors (Lipinski definition) is 5. The van der Waals surface area contributed by atoms with Gasteiger partial charge in [-0.1, -0.05) is 29.8 Å². The van der Waals surface area contributed by atoms with Crippen LogP contribution < -0.4 is 5.32 Å². The van der Waals surface area contributed by atoms with E-state index in [9.17, 15) is 14.4 Å². The van der Waals surface area contributed by atoms with Gasteiger partial charge in [0.15, 0.2) is 0 Å². The SMILES string of the molecule is Cc1ccc(NC(=O)CN2C(=O)S/C(=C\c3ccc(-c4ccc(I)cc4)o3)C2=O)cc1. The van der Waals surface area contributed by atoms with Crippen molar-refractivity contribution in [2.45, 2.75) is 6.92 Å². The first-order valence-electron chi connectivity index (χ1n) is 9.37. The van der Waals surface area contributed by atoms with Gasteiger partial charge in [0.25, 0.3) is 11.1 Å². The summed E-state index contributed by atoms with van der Waals surface area (Å²) in [5.74, 6) is 0.176. The van der Waals surface area contributed by atoms with Gasteiger partial charge in [0.2, 0.25) is 5.91 Å². The summed E-state index contributed by atoms with van der Waals surface area (Å²) in [6, 6.07) is 18.7. The zero-order valence-corrected chi connectivity index (χ0v) is 19.4. The van der Waals surface area contributed by atoms with Crippen LogP contribution in [0, 0.1) is 10.5 Å². The molecule has 1 fully saturated rings. The maximum atomic E-state index is 12.7. The van der Waals surface area contributed by atoms with Gasteiger partial charge in [-0.05, 0) is 77.7 Å². The quantitative estimate of drug-likeness (QED) is 0.338. The van der Waals surface area contributed by atoms with E-state index in [1.807, 2.05) is 49.4 Å². The Morgan fingerprint density at radius 3 is 2.48 bits per heavy atom. The molecule has 2 heterocycles. The van der Waals surface area contributed by atoms with Crippen LogP contribution in [-0.4, -0.2) is 28.5 Å². The Bertz CT molecular complexity index is 1180. The zero-order chi connectivity index (χ0) is 22.0. The average molecular weight is 544 g/mol. The van der Waals surface area contributed by atoms with E-state index in [-0.39, 0.29) is 11.4 Å². The summed E-state index contributed by atoms with van der Waals surface area (Å²) in [6.45, 7) is 1.60. The molecule has 2 aromatic carbocycles. The monoisotopic (exact) mass is 544 g/mol. The van der Waals surface area contributed by atoms with Crippen LogP contribution in [0.3, 0.4) is 0 Å². The Hall–Kier alpha value is -2.85. The van der Waals surface area contributed by atoms with Crippen molar-refractivity contribution in [1.82, 2.24) is 4.90 Å². The normalized spacial score (nSPS) is 15.0. The van der Waals surface area contributed by atoms with E-state index in [2.05, 4.69) is 27.9 Å². The number of furan rings is 1. The highest BCUT2D eigenvalue weighted by Gasteiger charge is 2.36. The number of halogens is 1. The first-order valence-corrected chi connectivity index (χ1v) is 11.3. The Morgan fingerprint density at radius 1 is 1.06 bits per heavy atom. The van der Waals surface area contributed by atoms with Crippen LogP contribution in [0.15, 0.2) is 70.0 Å². The molecule has 4 rings (SSSR count). The Morgan fingerprint density at radius 2 is 1.77 bits per heavy atom. The Labute approximate surface area is 196 Å². The number of nitrogens with zero attached hydrogens (tertiary/aromatic N) is 1. The van der Waals surface area contributed by atoms with Crippen molar-refractivity contribution >= 4 is 63.2 Å². The van der Waals surface area contributed by atoms with Crippen LogP contribution in [0.25, 0.3) is 17.4 Å². The first kappa shape index (κ1) is 21.4. The van der Waals surface area contributed by atoms with E-state index in [0.717, 1.165) is 31.4 Å². The van der Waals surface area contributed by atoms with Crippen molar-refractivity contribution in [2.75, 3.05) is 11.9 Å². The Balaban J connectivity index is 1.44. The second-order valence-corrected chi connectivity index (χ2v) is 9.13. The lowest BCUT2D eigenvalue weighted by Crippen LogP contribution is -2.36. The summed E-state index contributed by atoms with van der Waals surface area (Å²) >= 11 is 3.02. The molecule has 1 saturated heterocycles. The second-order valence-electron chi connectivity index (χ2n) is 6.89. The molecule has 3 aromatic rings. The van der Waals surface area contributed by atoms with Crippen LogP contribution in [0.1, 0.15) is 11.3 Å². The van der Waals surface area contributed by atoms with Crippen LogP contribution in [0.4, 0.5) is 10.5 Å². The van der Waals surface area contributed by atoms with Crippen molar-refractivity contribution in [3.8, 4) is 11.3 Å². The van der Waals surface area contributed by atoms with Crippen molar-refractivity contribution in [1.29, 1.82) is 0 Å². The minimum atomic E-state index is -0.513. The van der Waals surface area contributed by atoms with E-state index in [1.165, 1.54) is 6.08 Å². The Kier molecular flexibility index (Phi) is 6.28. The van der Waals surface area contributed by atoms with Gasteiger partial charge in [0, 0.05) is 20.9 Å². The smallest absolute Gasteiger partial charge is 0.294 e. The summed E-state index contributed by atoms with van der Waals surface area (Å²) in [7, 11) is 0. The van der Waals surface area contributed by atoms with Gasteiger partial charge in [0.1, 0.15) is 18.1 Å². The molecule has 0 bridgehead atoms. The molecule has 0 radical (unpaired) electrons. The number of anilines is 1. The molecule has 1 aromatic heterocycles. The third-order valence-electron chi connectivity index (χ3n) is 4.54. The van der Waals surface area contributed by atoms with Gasteiger partial charge < -0.3 is 9.73 Å². The van der Waals surface area contributed by atoms with E-state index in [4.69, 9.17) is 4.42 Å².